The fraction of sp³-hybridized carbons (Fsp3) is 1.00. The summed E-state index contributed by atoms with van der Waals surface area (Å²) in [4.78, 5) is 4.56. The molecule has 0 aromatic rings. The maximum atomic E-state index is 10.1. The van der Waals surface area contributed by atoms with Gasteiger partial charge >= 0.3 is 0 Å². The molecule has 0 aromatic heterocycles. The highest BCUT2D eigenvalue weighted by Crippen LogP contribution is 2.12. The lowest BCUT2D eigenvalue weighted by Crippen LogP contribution is -2.48. The van der Waals surface area contributed by atoms with E-state index in [0.29, 0.717) is 0 Å². The van der Waals surface area contributed by atoms with Gasteiger partial charge in [-0.2, -0.15) is 0 Å². The summed E-state index contributed by atoms with van der Waals surface area (Å²) < 4.78 is 0. The zero-order valence-electron chi connectivity index (χ0n) is 12.4. The summed E-state index contributed by atoms with van der Waals surface area (Å²) in [5.74, 6) is 0. The Morgan fingerprint density at radius 1 is 0.889 bits per heavy atom. The summed E-state index contributed by atoms with van der Waals surface area (Å²) in [5.41, 5.74) is 0. The first-order chi connectivity index (χ1) is 8.74. The first-order valence-corrected chi connectivity index (χ1v) is 7.84. The molecule has 1 aliphatic rings. The minimum absolute atomic E-state index is 0.200. The number of piperazine rings is 1. The van der Waals surface area contributed by atoms with Crippen LogP contribution in [0.2, 0.25) is 0 Å². The number of hydrogen-bond donors (Lipinski definition) is 1. The molecule has 1 rings (SSSR count). The van der Waals surface area contributed by atoms with E-state index in [-0.39, 0.29) is 6.23 Å². The molecule has 0 amide bonds. The summed E-state index contributed by atoms with van der Waals surface area (Å²) in [5, 5.41) is 10.1. The van der Waals surface area contributed by atoms with Gasteiger partial charge in [0.2, 0.25) is 0 Å². The van der Waals surface area contributed by atoms with Crippen LogP contribution < -0.4 is 0 Å². The molecule has 1 unspecified atom stereocenters. The molecule has 0 spiro atoms. The van der Waals surface area contributed by atoms with E-state index in [9.17, 15) is 5.11 Å². The first-order valence-electron chi connectivity index (χ1n) is 7.84. The number of aliphatic hydroxyl groups excluding tert-OH is 1. The molecule has 1 aliphatic heterocycles. The van der Waals surface area contributed by atoms with Gasteiger partial charge in [0, 0.05) is 26.2 Å². The van der Waals surface area contributed by atoms with Crippen LogP contribution in [0.5, 0.6) is 0 Å². The van der Waals surface area contributed by atoms with E-state index < -0.39 is 0 Å². The van der Waals surface area contributed by atoms with Gasteiger partial charge < -0.3 is 10.0 Å². The standard InChI is InChI=1S/C15H32N2O/c1-3-4-5-6-7-8-9-10-15(18)17-13-11-16(2)12-14-17/h15,18H,3-14H2,1-2H3. The number of aliphatic hydroxyl groups is 1. The van der Waals surface area contributed by atoms with Gasteiger partial charge in [-0.05, 0) is 19.9 Å². The topological polar surface area (TPSA) is 26.7 Å². The molecule has 3 heteroatoms. The zero-order chi connectivity index (χ0) is 13.2. The fourth-order valence-electron chi connectivity index (χ4n) is 2.59. The van der Waals surface area contributed by atoms with Crippen molar-refractivity contribution in [3.63, 3.8) is 0 Å². The van der Waals surface area contributed by atoms with Gasteiger partial charge in [0.15, 0.2) is 0 Å². The van der Waals surface area contributed by atoms with E-state index >= 15 is 0 Å². The Morgan fingerprint density at radius 3 is 2.06 bits per heavy atom. The predicted octanol–water partition coefficient (Wildman–Crippen LogP) is 2.69. The number of rotatable bonds is 9. The lowest BCUT2D eigenvalue weighted by atomic mass is 10.1. The molecule has 0 bridgehead atoms. The minimum atomic E-state index is -0.200. The van der Waals surface area contributed by atoms with Crippen molar-refractivity contribution in [1.29, 1.82) is 0 Å². The largest absolute Gasteiger partial charge is 0.378 e. The van der Waals surface area contributed by atoms with E-state index in [1.165, 1.54) is 44.9 Å². The van der Waals surface area contributed by atoms with Crippen LogP contribution >= 0.6 is 0 Å². The second kappa shape index (κ2) is 9.76. The molecule has 108 valence electrons. The van der Waals surface area contributed by atoms with Gasteiger partial charge in [-0.1, -0.05) is 45.4 Å². The molecule has 3 nitrogen and oxygen atoms in total. The molecule has 1 fully saturated rings. The van der Waals surface area contributed by atoms with E-state index in [1.54, 1.807) is 0 Å². The third-order valence-electron chi connectivity index (χ3n) is 4.03. The lowest BCUT2D eigenvalue weighted by molar-refractivity contribution is -0.0272. The van der Waals surface area contributed by atoms with Gasteiger partial charge in [-0.15, -0.1) is 0 Å². The molecule has 1 saturated heterocycles. The van der Waals surface area contributed by atoms with Crippen molar-refractivity contribution in [2.45, 2.75) is 64.5 Å². The SMILES string of the molecule is CCCCCCCCCC(O)N1CCN(C)CC1. The Labute approximate surface area is 113 Å². The summed E-state index contributed by atoms with van der Waals surface area (Å²) >= 11 is 0. The smallest absolute Gasteiger partial charge is 0.107 e. The number of nitrogens with zero attached hydrogens (tertiary/aromatic N) is 2. The molecule has 1 N–H and O–H groups in total. The Hall–Kier alpha value is -0.120. The molecule has 18 heavy (non-hydrogen) atoms. The van der Waals surface area contributed by atoms with Gasteiger partial charge in [-0.3, -0.25) is 4.90 Å². The lowest BCUT2D eigenvalue weighted by Gasteiger charge is -2.35. The van der Waals surface area contributed by atoms with E-state index in [1.807, 2.05) is 0 Å². The fourth-order valence-corrected chi connectivity index (χ4v) is 2.59. The van der Waals surface area contributed by atoms with Gasteiger partial charge in [0.05, 0.1) is 0 Å². The molecular formula is C15H32N2O. The van der Waals surface area contributed by atoms with E-state index in [2.05, 4.69) is 23.8 Å². The second-order valence-electron chi connectivity index (χ2n) is 5.73. The average molecular weight is 256 g/mol. The van der Waals surface area contributed by atoms with Gasteiger partial charge in [-0.25, -0.2) is 0 Å². The van der Waals surface area contributed by atoms with Crippen LogP contribution in [0.25, 0.3) is 0 Å². The van der Waals surface area contributed by atoms with Crippen LogP contribution in [-0.2, 0) is 0 Å². The predicted molar refractivity (Wildman–Crippen MR) is 77.7 cm³/mol. The normalized spacial score (nSPS) is 20.2. The van der Waals surface area contributed by atoms with E-state index in [4.69, 9.17) is 0 Å². The van der Waals surface area contributed by atoms with Crippen molar-refractivity contribution >= 4 is 0 Å². The maximum absolute atomic E-state index is 10.1. The average Bonchev–Trinajstić information content (AvgIpc) is 2.38. The second-order valence-corrected chi connectivity index (χ2v) is 5.73. The van der Waals surface area contributed by atoms with Gasteiger partial charge in [0.1, 0.15) is 6.23 Å². The molecule has 0 aliphatic carbocycles. The van der Waals surface area contributed by atoms with Crippen LogP contribution in [0.1, 0.15) is 58.3 Å². The molecular weight excluding hydrogens is 224 g/mol. The summed E-state index contributed by atoms with van der Waals surface area (Å²) in [7, 11) is 2.15. The van der Waals surface area contributed by atoms with Crippen molar-refractivity contribution < 1.29 is 5.11 Å². The summed E-state index contributed by atoms with van der Waals surface area (Å²) in [6.45, 7) is 6.48. The number of hydrogen-bond acceptors (Lipinski definition) is 3. The van der Waals surface area contributed by atoms with Crippen LogP contribution in [-0.4, -0.2) is 54.4 Å². The highest BCUT2D eigenvalue weighted by Gasteiger charge is 2.19. The van der Waals surface area contributed by atoms with Crippen LogP contribution in [0.4, 0.5) is 0 Å². The van der Waals surface area contributed by atoms with Crippen molar-refractivity contribution in [2.75, 3.05) is 33.2 Å². The molecule has 0 radical (unpaired) electrons. The first kappa shape index (κ1) is 15.9. The number of likely N-dealkylation sites (N-methyl/N-ethyl adjacent to an activating group) is 1. The van der Waals surface area contributed by atoms with Crippen molar-refractivity contribution in [2.24, 2.45) is 0 Å². The summed E-state index contributed by atoms with van der Waals surface area (Å²) in [6, 6.07) is 0. The Balaban J connectivity index is 1.95. The quantitative estimate of drug-likeness (QED) is 0.643. The zero-order valence-corrected chi connectivity index (χ0v) is 12.4. The monoisotopic (exact) mass is 256 g/mol. The third kappa shape index (κ3) is 6.72. The maximum Gasteiger partial charge on any atom is 0.107 e. The van der Waals surface area contributed by atoms with Crippen LogP contribution in [0.3, 0.4) is 0 Å². The molecule has 1 atom stereocenters. The van der Waals surface area contributed by atoms with Crippen molar-refractivity contribution in [1.82, 2.24) is 9.80 Å². The molecule has 1 heterocycles. The molecule has 0 aromatic carbocycles. The van der Waals surface area contributed by atoms with Crippen molar-refractivity contribution in [3.8, 4) is 0 Å². The number of unbranched alkanes of at least 4 members (excludes halogenated alkanes) is 6. The Kier molecular flexibility index (Phi) is 8.64. The van der Waals surface area contributed by atoms with Gasteiger partial charge in [0.25, 0.3) is 0 Å². The highest BCUT2D eigenvalue weighted by molar-refractivity contribution is 4.71. The highest BCUT2D eigenvalue weighted by atomic mass is 16.3. The summed E-state index contributed by atoms with van der Waals surface area (Å²) in [6.07, 6.45) is 10.0. The van der Waals surface area contributed by atoms with Crippen molar-refractivity contribution in [3.05, 3.63) is 0 Å². The minimum Gasteiger partial charge on any atom is -0.378 e. The molecule has 0 saturated carbocycles. The van der Waals surface area contributed by atoms with Crippen LogP contribution in [0.15, 0.2) is 0 Å². The van der Waals surface area contributed by atoms with E-state index in [0.717, 1.165) is 32.6 Å². The Bertz CT molecular complexity index is 191. The Morgan fingerprint density at radius 2 is 1.44 bits per heavy atom. The third-order valence-corrected chi connectivity index (χ3v) is 4.03. The van der Waals surface area contributed by atoms with Crippen LogP contribution in [0, 0.1) is 0 Å².